The van der Waals surface area contributed by atoms with Gasteiger partial charge in [0, 0.05) is 34.9 Å². The predicted octanol–water partition coefficient (Wildman–Crippen LogP) is 2.48. The topological polar surface area (TPSA) is 93.8 Å². The van der Waals surface area contributed by atoms with Gasteiger partial charge in [-0.15, -0.1) is 0 Å². The van der Waals surface area contributed by atoms with Crippen molar-refractivity contribution in [3.8, 4) is 0 Å². The number of imidazole rings is 1. The molecular formula is C16H15Cl2N3O4. The zero-order valence-corrected chi connectivity index (χ0v) is 14.7. The molecule has 0 unspecified atom stereocenters. The minimum absolute atomic E-state index is 0.144. The number of methoxy groups -OCH3 is 1. The average Bonchev–Trinajstić information content (AvgIpc) is 2.96. The van der Waals surface area contributed by atoms with Gasteiger partial charge in [-0.1, -0.05) is 23.2 Å². The number of aliphatic carboxylic acids is 1. The zero-order valence-electron chi connectivity index (χ0n) is 13.2. The number of esters is 1. The molecule has 9 heteroatoms. The van der Waals surface area contributed by atoms with Gasteiger partial charge in [0.25, 0.3) is 0 Å². The molecule has 25 heavy (non-hydrogen) atoms. The van der Waals surface area contributed by atoms with Crippen molar-refractivity contribution in [1.82, 2.24) is 9.55 Å². The van der Waals surface area contributed by atoms with Crippen LogP contribution in [0.4, 0.5) is 0 Å². The Morgan fingerprint density at radius 1 is 1.36 bits per heavy atom. The van der Waals surface area contributed by atoms with Gasteiger partial charge in [-0.2, -0.15) is 0 Å². The van der Waals surface area contributed by atoms with Crippen molar-refractivity contribution < 1.29 is 19.4 Å². The van der Waals surface area contributed by atoms with E-state index in [1.807, 2.05) is 0 Å². The number of ether oxygens (including phenoxy) is 1. The van der Waals surface area contributed by atoms with E-state index in [9.17, 15) is 9.59 Å². The molecule has 0 radical (unpaired) electrons. The number of halogens is 2. The second kappa shape index (κ2) is 8.64. The maximum Gasteiger partial charge on any atom is 0.346 e. The number of aliphatic imine (C=N–C) groups is 1. The summed E-state index contributed by atoms with van der Waals surface area (Å²) in [5.41, 5.74) is 1.55. The standard InChI is InChI=1S/C16H15Cl2N3O4/c1-25-16(24)14(20-7-15(22)23)5-13-6-19-9-21(13)8-10-2-11(17)4-12(18)3-10/h2-4,6-7,9,14H,5,8H2,1H3,(H,22,23)/t14-/m0/s1. The first kappa shape index (κ1) is 19.0. The summed E-state index contributed by atoms with van der Waals surface area (Å²) in [5, 5.41) is 9.73. The Labute approximate surface area is 153 Å². The molecular weight excluding hydrogens is 369 g/mol. The summed E-state index contributed by atoms with van der Waals surface area (Å²) >= 11 is 12.0. The molecule has 0 fully saturated rings. The van der Waals surface area contributed by atoms with E-state index in [0.29, 0.717) is 28.5 Å². The quantitative estimate of drug-likeness (QED) is 0.585. The van der Waals surface area contributed by atoms with Crippen LogP contribution in [0.15, 0.2) is 35.7 Å². The van der Waals surface area contributed by atoms with E-state index in [-0.39, 0.29) is 6.42 Å². The van der Waals surface area contributed by atoms with Crippen molar-refractivity contribution in [2.75, 3.05) is 7.11 Å². The molecule has 1 atom stereocenters. The average molecular weight is 384 g/mol. The molecule has 2 aromatic rings. The third kappa shape index (κ3) is 5.58. The fraction of sp³-hybridized carbons (Fsp3) is 0.250. The molecule has 132 valence electrons. The fourth-order valence-corrected chi connectivity index (χ4v) is 2.82. The molecule has 2 rings (SSSR count). The number of hydrogen-bond acceptors (Lipinski definition) is 5. The Bertz CT molecular complexity index is 784. The van der Waals surface area contributed by atoms with Crippen LogP contribution < -0.4 is 0 Å². The molecule has 1 heterocycles. The lowest BCUT2D eigenvalue weighted by atomic mass is 10.1. The highest BCUT2D eigenvalue weighted by molar-refractivity contribution is 6.34. The van der Waals surface area contributed by atoms with Gasteiger partial charge in [0.1, 0.15) is 6.21 Å². The van der Waals surface area contributed by atoms with Crippen LogP contribution in [-0.4, -0.2) is 46.0 Å². The predicted molar refractivity (Wildman–Crippen MR) is 93.4 cm³/mol. The lowest BCUT2D eigenvalue weighted by Crippen LogP contribution is -2.25. The lowest BCUT2D eigenvalue weighted by molar-refractivity contribution is -0.142. The van der Waals surface area contributed by atoms with Gasteiger partial charge in [-0.05, 0) is 23.8 Å². The zero-order chi connectivity index (χ0) is 18.4. The van der Waals surface area contributed by atoms with Gasteiger partial charge in [0.05, 0.1) is 13.4 Å². The van der Waals surface area contributed by atoms with E-state index >= 15 is 0 Å². The van der Waals surface area contributed by atoms with Gasteiger partial charge in [0.15, 0.2) is 6.04 Å². The first-order valence-corrected chi connectivity index (χ1v) is 7.92. The molecule has 0 aliphatic heterocycles. The summed E-state index contributed by atoms with van der Waals surface area (Å²) in [4.78, 5) is 30.3. The summed E-state index contributed by atoms with van der Waals surface area (Å²) in [6.07, 6.45) is 4.00. The van der Waals surface area contributed by atoms with Crippen LogP contribution in [0.5, 0.6) is 0 Å². The van der Waals surface area contributed by atoms with E-state index in [0.717, 1.165) is 5.56 Å². The van der Waals surface area contributed by atoms with Crippen molar-refractivity contribution in [3.63, 3.8) is 0 Å². The Morgan fingerprint density at radius 3 is 2.64 bits per heavy atom. The normalized spacial score (nSPS) is 12.3. The van der Waals surface area contributed by atoms with Gasteiger partial charge in [0.2, 0.25) is 0 Å². The Kier molecular flexibility index (Phi) is 6.55. The van der Waals surface area contributed by atoms with Crippen LogP contribution in [0.1, 0.15) is 11.3 Å². The van der Waals surface area contributed by atoms with E-state index in [1.165, 1.54) is 7.11 Å². The van der Waals surface area contributed by atoms with Crippen molar-refractivity contribution in [1.29, 1.82) is 0 Å². The number of hydrogen-bond donors (Lipinski definition) is 1. The van der Waals surface area contributed by atoms with Crippen molar-refractivity contribution in [2.24, 2.45) is 4.99 Å². The molecule has 0 saturated carbocycles. The summed E-state index contributed by atoms with van der Waals surface area (Å²) in [6, 6.07) is 4.21. The number of carboxylic acids is 1. The SMILES string of the molecule is COC(=O)[C@H](Cc1cncn1Cc1cc(Cl)cc(Cl)c1)N=CC(=O)O. The van der Waals surface area contributed by atoms with E-state index in [2.05, 4.69) is 14.7 Å². The van der Waals surface area contributed by atoms with E-state index < -0.39 is 18.0 Å². The number of rotatable bonds is 7. The molecule has 7 nitrogen and oxygen atoms in total. The van der Waals surface area contributed by atoms with Crippen molar-refractivity contribution in [2.45, 2.75) is 19.0 Å². The Hall–Kier alpha value is -2.38. The van der Waals surface area contributed by atoms with Crippen LogP contribution in [0.2, 0.25) is 10.0 Å². The summed E-state index contributed by atoms with van der Waals surface area (Å²) in [5.74, 6) is -1.87. The van der Waals surface area contributed by atoms with Crippen LogP contribution in [0.25, 0.3) is 0 Å². The number of aromatic nitrogens is 2. The largest absolute Gasteiger partial charge is 0.477 e. The first-order chi connectivity index (χ1) is 11.9. The Balaban J connectivity index is 2.21. The second-order valence-corrected chi connectivity index (χ2v) is 6.02. The fourth-order valence-electron chi connectivity index (χ4n) is 2.24. The molecule has 0 amide bonds. The molecule has 1 N–H and O–H groups in total. The maximum atomic E-state index is 11.8. The number of nitrogens with zero attached hydrogens (tertiary/aromatic N) is 3. The number of carbonyl (C=O) groups excluding carboxylic acids is 1. The number of benzene rings is 1. The van der Waals surface area contributed by atoms with Gasteiger partial charge < -0.3 is 14.4 Å². The third-order valence-electron chi connectivity index (χ3n) is 3.31. The lowest BCUT2D eigenvalue weighted by Gasteiger charge is -2.13. The summed E-state index contributed by atoms with van der Waals surface area (Å²) in [6.45, 7) is 0.437. The van der Waals surface area contributed by atoms with E-state index in [4.69, 9.17) is 28.3 Å². The molecule has 1 aromatic carbocycles. The van der Waals surface area contributed by atoms with Gasteiger partial charge in [-0.25, -0.2) is 14.6 Å². The molecule has 0 saturated heterocycles. The first-order valence-electron chi connectivity index (χ1n) is 7.17. The highest BCUT2D eigenvalue weighted by Gasteiger charge is 2.20. The molecule has 0 spiro atoms. The summed E-state index contributed by atoms with van der Waals surface area (Å²) in [7, 11) is 1.22. The van der Waals surface area contributed by atoms with Crippen LogP contribution in [0, 0.1) is 0 Å². The van der Waals surface area contributed by atoms with Crippen molar-refractivity contribution >= 4 is 41.4 Å². The third-order valence-corrected chi connectivity index (χ3v) is 3.75. The minimum atomic E-state index is -1.24. The van der Waals surface area contributed by atoms with Gasteiger partial charge >= 0.3 is 11.9 Å². The molecule has 0 aliphatic rings. The second-order valence-electron chi connectivity index (χ2n) is 5.15. The van der Waals surface area contributed by atoms with Crippen LogP contribution in [0.3, 0.4) is 0 Å². The maximum absolute atomic E-state index is 11.8. The van der Waals surface area contributed by atoms with Gasteiger partial charge in [-0.3, -0.25) is 4.99 Å². The number of carboxylic acid groups (broad SMARTS) is 1. The minimum Gasteiger partial charge on any atom is -0.477 e. The summed E-state index contributed by atoms with van der Waals surface area (Å²) < 4.78 is 6.47. The monoisotopic (exact) mass is 383 g/mol. The number of carbonyl (C=O) groups is 2. The highest BCUT2D eigenvalue weighted by Crippen LogP contribution is 2.20. The molecule has 1 aromatic heterocycles. The van der Waals surface area contributed by atoms with Crippen LogP contribution in [-0.2, 0) is 27.3 Å². The highest BCUT2D eigenvalue weighted by atomic mass is 35.5. The molecule has 0 aliphatic carbocycles. The van der Waals surface area contributed by atoms with E-state index in [1.54, 1.807) is 35.3 Å². The van der Waals surface area contributed by atoms with Crippen LogP contribution >= 0.6 is 23.2 Å². The van der Waals surface area contributed by atoms with Crippen molar-refractivity contribution in [3.05, 3.63) is 52.0 Å². The smallest absolute Gasteiger partial charge is 0.346 e. The Morgan fingerprint density at radius 2 is 2.04 bits per heavy atom. The molecule has 0 bridgehead atoms.